The lowest BCUT2D eigenvalue weighted by Crippen LogP contribution is -2.25. The molecule has 23 heavy (non-hydrogen) atoms. The Hall–Kier alpha value is -2.80. The molecule has 0 unspecified atom stereocenters. The summed E-state index contributed by atoms with van der Waals surface area (Å²) in [6.07, 6.45) is 0.523. The first kappa shape index (κ1) is 15.1. The van der Waals surface area contributed by atoms with Gasteiger partial charge in [-0.1, -0.05) is 17.3 Å². The number of phenols is 2. The zero-order valence-corrected chi connectivity index (χ0v) is 12.8. The Morgan fingerprint density at radius 3 is 2.83 bits per heavy atom. The minimum absolute atomic E-state index is 0.165. The van der Waals surface area contributed by atoms with Gasteiger partial charge in [0.05, 0.1) is 4.88 Å². The number of amides is 1. The highest BCUT2D eigenvalue weighted by molar-refractivity contribution is 7.13. The first-order valence-electron chi connectivity index (χ1n) is 6.93. The Labute approximate surface area is 136 Å². The number of phenolic OH excluding ortho intramolecular Hbond substituents is 2. The topological polar surface area (TPSA) is 95.6 Å². The van der Waals surface area contributed by atoms with Crippen molar-refractivity contribution in [2.75, 3.05) is 6.54 Å². The van der Waals surface area contributed by atoms with Crippen LogP contribution in [-0.2, 0) is 6.42 Å². The number of thiophene rings is 1. The smallest absolute Gasteiger partial charge is 0.273 e. The molecule has 0 saturated carbocycles. The highest BCUT2D eigenvalue weighted by Crippen LogP contribution is 2.26. The number of aromatic hydroxyl groups is 2. The summed E-state index contributed by atoms with van der Waals surface area (Å²) in [4.78, 5) is 12.9. The molecule has 2 aromatic heterocycles. The number of nitrogens with zero attached hydrogens (tertiary/aromatic N) is 1. The lowest BCUT2D eigenvalue weighted by atomic mass is 10.1. The second kappa shape index (κ2) is 6.53. The molecular weight excluding hydrogens is 316 g/mol. The molecule has 0 aliphatic heterocycles. The molecule has 0 atom stereocenters. The number of carbonyl (C=O) groups is 1. The number of hydrogen-bond donors (Lipinski definition) is 3. The molecule has 1 amide bonds. The van der Waals surface area contributed by atoms with E-state index in [1.165, 1.54) is 23.5 Å². The summed E-state index contributed by atoms with van der Waals surface area (Å²) in [5.74, 6) is -0.0967. The quantitative estimate of drug-likeness (QED) is 0.625. The van der Waals surface area contributed by atoms with E-state index < -0.39 is 0 Å². The molecule has 3 aromatic rings. The number of benzene rings is 1. The Kier molecular flexibility index (Phi) is 4.29. The predicted molar refractivity (Wildman–Crippen MR) is 85.6 cm³/mol. The fourth-order valence-corrected chi connectivity index (χ4v) is 2.73. The van der Waals surface area contributed by atoms with Crippen molar-refractivity contribution in [1.82, 2.24) is 10.5 Å². The summed E-state index contributed by atoms with van der Waals surface area (Å²) in [5.41, 5.74) is 1.03. The Morgan fingerprint density at radius 2 is 2.09 bits per heavy atom. The first-order chi connectivity index (χ1) is 11.1. The molecule has 1 aromatic carbocycles. The Bertz CT molecular complexity index is 811. The molecular formula is C16H14N2O4S. The van der Waals surface area contributed by atoms with E-state index in [1.54, 1.807) is 12.1 Å². The second-order valence-corrected chi connectivity index (χ2v) is 5.83. The molecule has 6 nitrogen and oxygen atoms in total. The van der Waals surface area contributed by atoms with Gasteiger partial charge < -0.3 is 20.1 Å². The molecule has 0 saturated heterocycles. The van der Waals surface area contributed by atoms with Crippen LogP contribution >= 0.6 is 11.3 Å². The number of aromatic nitrogens is 1. The van der Waals surface area contributed by atoms with Gasteiger partial charge in [0.2, 0.25) is 0 Å². The summed E-state index contributed by atoms with van der Waals surface area (Å²) >= 11 is 1.51. The van der Waals surface area contributed by atoms with Crippen molar-refractivity contribution < 1.29 is 19.5 Å². The van der Waals surface area contributed by atoms with Crippen LogP contribution in [0.1, 0.15) is 16.1 Å². The predicted octanol–water partition coefficient (Wildman–Crippen LogP) is 2.79. The van der Waals surface area contributed by atoms with Crippen LogP contribution in [0, 0.1) is 0 Å². The molecule has 3 N–H and O–H groups in total. The number of rotatable bonds is 5. The third kappa shape index (κ3) is 3.51. The Morgan fingerprint density at radius 1 is 1.22 bits per heavy atom. The highest BCUT2D eigenvalue weighted by Gasteiger charge is 2.13. The van der Waals surface area contributed by atoms with Crippen molar-refractivity contribution in [1.29, 1.82) is 0 Å². The van der Waals surface area contributed by atoms with E-state index in [1.807, 2.05) is 17.5 Å². The normalized spacial score (nSPS) is 10.6. The van der Waals surface area contributed by atoms with Gasteiger partial charge in [-0.15, -0.1) is 11.3 Å². The van der Waals surface area contributed by atoms with Gasteiger partial charge in [-0.25, -0.2) is 0 Å². The maximum Gasteiger partial charge on any atom is 0.273 e. The van der Waals surface area contributed by atoms with Crippen molar-refractivity contribution in [3.63, 3.8) is 0 Å². The summed E-state index contributed by atoms with van der Waals surface area (Å²) < 4.78 is 5.16. The van der Waals surface area contributed by atoms with E-state index in [-0.39, 0.29) is 23.1 Å². The molecule has 0 fully saturated rings. The zero-order valence-electron chi connectivity index (χ0n) is 12.0. The van der Waals surface area contributed by atoms with Gasteiger partial charge in [0.25, 0.3) is 5.91 Å². The minimum atomic E-state index is -0.320. The van der Waals surface area contributed by atoms with Gasteiger partial charge in [-0.2, -0.15) is 0 Å². The third-order valence-electron chi connectivity index (χ3n) is 3.25. The summed E-state index contributed by atoms with van der Waals surface area (Å²) in [6, 6.07) is 9.96. The van der Waals surface area contributed by atoms with E-state index in [0.29, 0.717) is 18.7 Å². The van der Waals surface area contributed by atoms with E-state index >= 15 is 0 Å². The van der Waals surface area contributed by atoms with Crippen LogP contribution in [0.2, 0.25) is 0 Å². The van der Waals surface area contributed by atoms with Crippen molar-refractivity contribution in [3.05, 3.63) is 53.0 Å². The average molecular weight is 330 g/mol. The molecule has 7 heteroatoms. The minimum Gasteiger partial charge on any atom is -0.504 e. The third-order valence-corrected chi connectivity index (χ3v) is 4.13. The standard InChI is InChI=1S/C16H14N2O4S/c19-12-4-3-10(8-13(12)20)5-6-17-16(21)11-9-14(22-18-11)15-2-1-7-23-15/h1-4,7-9,19-20H,5-6H2,(H,17,21). The molecule has 0 aliphatic carbocycles. The summed E-state index contributed by atoms with van der Waals surface area (Å²) in [7, 11) is 0. The molecule has 118 valence electrons. The molecule has 2 heterocycles. The zero-order chi connectivity index (χ0) is 16.2. The Balaban J connectivity index is 1.56. The maximum absolute atomic E-state index is 12.0. The number of nitrogens with one attached hydrogen (secondary N) is 1. The maximum atomic E-state index is 12.0. The van der Waals surface area contributed by atoms with Gasteiger partial charge in [0.15, 0.2) is 23.0 Å². The lowest BCUT2D eigenvalue weighted by molar-refractivity contribution is 0.0945. The van der Waals surface area contributed by atoms with Crippen molar-refractivity contribution in [2.24, 2.45) is 0 Å². The van der Waals surface area contributed by atoms with E-state index in [9.17, 15) is 15.0 Å². The SMILES string of the molecule is O=C(NCCc1ccc(O)c(O)c1)c1cc(-c2cccs2)on1. The van der Waals surface area contributed by atoms with Crippen molar-refractivity contribution in [3.8, 4) is 22.1 Å². The highest BCUT2D eigenvalue weighted by atomic mass is 32.1. The van der Waals surface area contributed by atoms with Gasteiger partial charge in [0, 0.05) is 12.6 Å². The van der Waals surface area contributed by atoms with E-state index in [2.05, 4.69) is 10.5 Å². The first-order valence-corrected chi connectivity index (χ1v) is 7.81. The van der Waals surface area contributed by atoms with Gasteiger partial charge in [-0.3, -0.25) is 4.79 Å². The second-order valence-electron chi connectivity index (χ2n) is 4.88. The number of hydrogen-bond acceptors (Lipinski definition) is 6. The van der Waals surface area contributed by atoms with Crippen LogP contribution in [0.4, 0.5) is 0 Å². The van der Waals surface area contributed by atoms with Crippen LogP contribution in [-0.4, -0.2) is 27.8 Å². The van der Waals surface area contributed by atoms with Crippen molar-refractivity contribution in [2.45, 2.75) is 6.42 Å². The summed E-state index contributed by atoms with van der Waals surface area (Å²) in [5, 5.41) is 27.1. The average Bonchev–Trinajstić information content (AvgIpc) is 3.20. The van der Waals surface area contributed by atoms with Gasteiger partial charge in [-0.05, 0) is 35.6 Å². The van der Waals surface area contributed by atoms with Gasteiger partial charge in [0.1, 0.15) is 0 Å². The largest absolute Gasteiger partial charge is 0.504 e. The molecule has 0 spiro atoms. The van der Waals surface area contributed by atoms with Crippen molar-refractivity contribution >= 4 is 17.2 Å². The van der Waals surface area contributed by atoms with Crippen LogP contribution < -0.4 is 5.32 Å². The molecule has 3 rings (SSSR count). The fourth-order valence-electron chi connectivity index (χ4n) is 2.05. The molecule has 0 bridgehead atoms. The van der Waals surface area contributed by atoms with Crippen LogP contribution in [0.25, 0.3) is 10.6 Å². The molecule has 0 radical (unpaired) electrons. The fraction of sp³-hybridized carbons (Fsp3) is 0.125. The molecule has 0 aliphatic rings. The number of carbonyl (C=O) groups excluding carboxylic acids is 1. The monoisotopic (exact) mass is 330 g/mol. The van der Waals surface area contributed by atoms with E-state index in [0.717, 1.165) is 10.4 Å². The van der Waals surface area contributed by atoms with Gasteiger partial charge >= 0.3 is 0 Å². The van der Waals surface area contributed by atoms with Crippen LogP contribution in [0.3, 0.4) is 0 Å². The van der Waals surface area contributed by atoms with Crippen LogP contribution in [0.5, 0.6) is 11.5 Å². The van der Waals surface area contributed by atoms with E-state index in [4.69, 9.17) is 4.52 Å². The lowest BCUT2D eigenvalue weighted by Gasteiger charge is -2.04. The summed E-state index contributed by atoms with van der Waals surface area (Å²) in [6.45, 7) is 0.379. The van der Waals surface area contributed by atoms with Crippen LogP contribution in [0.15, 0.2) is 46.3 Å².